The monoisotopic (exact) mass is 204 g/mol. The van der Waals surface area contributed by atoms with Crippen LogP contribution >= 0.6 is 0 Å². The quantitative estimate of drug-likeness (QED) is 0.757. The van der Waals surface area contributed by atoms with Gasteiger partial charge >= 0.3 is 0 Å². The molecule has 2 unspecified atom stereocenters. The van der Waals surface area contributed by atoms with Gasteiger partial charge in [0.25, 0.3) is 0 Å². The number of pyridine rings is 1. The first kappa shape index (κ1) is 9.16. The molecule has 1 N–H and O–H groups in total. The van der Waals surface area contributed by atoms with Crippen LogP contribution in [0.15, 0.2) is 18.5 Å². The lowest BCUT2D eigenvalue weighted by Crippen LogP contribution is -2.25. The van der Waals surface area contributed by atoms with E-state index in [4.69, 9.17) is 0 Å². The highest BCUT2D eigenvalue weighted by molar-refractivity contribution is 5.27. The maximum Gasteiger partial charge on any atom is 0.134 e. The van der Waals surface area contributed by atoms with Crippen LogP contribution in [-0.2, 0) is 0 Å². The lowest BCUT2D eigenvalue weighted by molar-refractivity contribution is 0.313. The third-order valence-electron chi connectivity index (χ3n) is 3.78. The smallest absolute Gasteiger partial charge is 0.134 e. The number of aromatic hydroxyl groups is 1. The number of fused-ring (bicyclic) bond motifs is 1. The zero-order chi connectivity index (χ0) is 10.3. The van der Waals surface area contributed by atoms with E-state index in [1.165, 1.54) is 44.1 Å². The molecule has 0 spiro atoms. The van der Waals surface area contributed by atoms with E-state index in [9.17, 15) is 5.11 Å². The van der Waals surface area contributed by atoms with Gasteiger partial charge in [-0.05, 0) is 44.0 Å². The molecular weight excluding hydrogens is 188 g/mol. The number of hydrogen-bond acceptors (Lipinski definition) is 3. The molecule has 2 atom stereocenters. The SMILES string of the molecule is Oc1cncc(C2CCN3CCCC23)c1. The van der Waals surface area contributed by atoms with Gasteiger partial charge in [0.15, 0.2) is 0 Å². The van der Waals surface area contributed by atoms with Crippen molar-refractivity contribution < 1.29 is 5.11 Å². The van der Waals surface area contributed by atoms with Crippen molar-refractivity contribution in [2.75, 3.05) is 13.1 Å². The molecule has 2 saturated heterocycles. The summed E-state index contributed by atoms with van der Waals surface area (Å²) in [5, 5.41) is 9.44. The van der Waals surface area contributed by atoms with Crippen molar-refractivity contribution in [1.29, 1.82) is 0 Å². The molecule has 0 bridgehead atoms. The van der Waals surface area contributed by atoms with Crippen LogP contribution in [0, 0.1) is 0 Å². The molecule has 2 fully saturated rings. The van der Waals surface area contributed by atoms with E-state index in [0.29, 0.717) is 17.7 Å². The summed E-state index contributed by atoms with van der Waals surface area (Å²) in [6.45, 7) is 2.47. The topological polar surface area (TPSA) is 36.4 Å². The summed E-state index contributed by atoms with van der Waals surface area (Å²) in [4.78, 5) is 6.65. The minimum atomic E-state index is 0.295. The van der Waals surface area contributed by atoms with Crippen LogP contribution in [0.5, 0.6) is 5.75 Å². The fourth-order valence-electron chi connectivity index (χ4n) is 3.12. The standard InChI is InChI=1S/C12H16N2O/c15-10-6-9(7-13-8-10)11-3-5-14-4-1-2-12(11)14/h6-8,11-12,15H,1-5H2. The van der Waals surface area contributed by atoms with Crippen molar-refractivity contribution in [3.05, 3.63) is 24.0 Å². The molecular formula is C12H16N2O. The van der Waals surface area contributed by atoms with Crippen LogP contribution < -0.4 is 0 Å². The molecule has 2 aliphatic rings. The lowest BCUT2D eigenvalue weighted by Gasteiger charge is -2.20. The maximum atomic E-state index is 9.44. The third kappa shape index (κ3) is 1.51. The Bertz CT molecular complexity index is 366. The average Bonchev–Trinajstić information content (AvgIpc) is 2.77. The van der Waals surface area contributed by atoms with Crippen molar-refractivity contribution in [2.45, 2.75) is 31.2 Å². The zero-order valence-electron chi connectivity index (χ0n) is 8.76. The fraction of sp³-hybridized carbons (Fsp3) is 0.583. The predicted octanol–water partition coefficient (Wildman–Crippen LogP) is 1.74. The molecule has 0 aromatic carbocycles. The highest BCUT2D eigenvalue weighted by atomic mass is 16.3. The number of aromatic nitrogens is 1. The minimum absolute atomic E-state index is 0.295. The third-order valence-corrected chi connectivity index (χ3v) is 3.78. The van der Waals surface area contributed by atoms with E-state index in [1.54, 1.807) is 0 Å². The van der Waals surface area contributed by atoms with Gasteiger partial charge in [-0.25, -0.2) is 0 Å². The average molecular weight is 204 g/mol. The van der Waals surface area contributed by atoms with E-state index in [2.05, 4.69) is 9.88 Å². The van der Waals surface area contributed by atoms with Crippen molar-refractivity contribution in [2.24, 2.45) is 0 Å². The second-order valence-electron chi connectivity index (χ2n) is 4.62. The number of rotatable bonds is 1. The molecule has 3 rings (SSSR count). The first-order valence-corrected chi connectivity index (χ1v) is 5.72. The number of hydrogen-bond donors (Lipinski definition) is 1. The van der Waals surface area contributed by atoms with Gasteiger partial charge in [0.05, 0.1) is 6.20 Å². The molecule has 0 radical (unpaired) electrons. The predicted molar refractivity (Wildman–Crippen MR) is 57.9 cm³/mol. The molecule has 3 heteroatoms. The van der Waals surface area contributed by atoms with E-state index in [0.717, 1.165) is 0 Å². The summed E-state index contributed by atoms with van der Waals surface area (Å²) >= 11 is 0. The Hall–Kier alpha value is -1.09. The van der Waals surface area contributed by atoms with Crippen LogP contribution in [0.1, 0.15) is 30.7 Å². The van der Waals surface area contributed by atoms with Crippen LogP contribution in [-0.4, -0.2) is 34.1 Å². The largest absolute Gasteiger partial charge is 0.506 e. The van der Waals surface area contributed by atoms with Gasteiger partial charge in [-0.1, -0.05) is 0 Å². The Morgan fingerprint density at radius 2 is 2.20 bits per heavy atom. The maximum absolute atomic E-state index is 9.44. The van der Waals surface area contributed by atoms with E-state index in [1.807, 2.05) is 12.3 Å². The van der Waals surface area contributed by atoms with Crippen molar-refractivity contribution in [1.82, 2.24) is 9.88 Å². The molecule has 3 nitrogen and oxygen atoms in total. The summed E-state index contributed by atoms with van der Waals surface area (Å²) in [6, 6.07) is 2.58. The Kier molecular flexibility index (Phi) is 2.13. The molecule has 80 valence electrons. The first-order valence-electron chi connectivity index (χ1n) is 5.72. The molecule has 0 saturated carbocycles. The fourth-order valence-corrected chi connectivity index (χ4v) is 3.12. The molecule has 0 aliphatic carbocycles. The van der Waals surface area contributed by atoms with Crippen molar-refractivity contribution in [3.8, 4) is 5.75 Å². The summed E-state index contributed by atoms with van der Waals surface area (Å²) < 4.78 is 0. The Morgan fingerprint density at radius 1 is 1.27 bits per heavy atom. The Morgan fingerprint density at radius 3 is 3.07 bits per heavy atom. The van der Waals surface area contributed by atoms with Gasteiger partial charge in [0.1, 0.15) is 5.75 Å². The minimum Gasteiger partial charge on any atom is -0.506 e. The summed E-state index contributed by atoms with van der Waals surface area (Å²) in [6.07, 6.45) is 7.26. The summed E-state index contributed by atoms with van der Waals surface area (Å²) in [5.74, 6) is 0.885. The van der Waals surface area contributed by atoms with Crippen LogP contribution in [0.4, 0.5) is 0 Å². The van der Waals surface area contributed by atoms with E-state index < -0.39 is 0 Å². The normalized spacial score (nSPS) is 30.7. The molecule has 1 aromatic heterocycles. The van der Waals surface area contributed by atoms with Crippen LogP contribution in [0.25, 0.3) is 0 Å². The van der Waals surface area contributed by atoms with Gasteiger partial charge in [0.2, 0.25) is 0 Å². The molecule has 1 aromatic rings. The van der Waals surface area contributed by atoms with Crippen molar-refractivity contribution >= 4 is 0 Å². The highest BCUT2D eigenvalue weighted by Gasteiger charge is 2.37. The molecule has 0 amide bonds. The Balaban J connectivity index is 1.88. The van der Waals surface area contributed by atoms with Gasteiger partial charge in [-0.15, -0.1) is 0 Å². The summed E-state index contributed by atoms with van der Waals surface area (Å²) in [7, 11) is 0. The first-order chi connectivity index (χ1) is 7.34. The van der Waals surface area contributed by atoms with E-state index in [-0.39, 0.29) is 0 Å². The molecule has 3 heterocycles. The highest BCUT2D eigenvalue weighted by Crippen LogP contribution is 2.39. The van der Waals surface area contributed by atoms with Crippen LogP contribution in [0.2, 0.25) is 0 Å². The Labute approximate surface area is 89.7 Å². The van der Waals surface area contributed by atoms with Gasteiger partial charge in [0, 0.05) is 18.2 Å². The second kappa shape index (κ2) is 3.49. The van der Waals surface area contributed by atoms with Gasteiger partial charge < -0.3 is 5.11 Å². The zero-order valence-corrected chi connectivity index (χ0v) is 8.76. The van der Waals surface area contributed by atoms with Gasteiger partial charge in [-0.2, -0.15) is 0 Å². The lowest BCUT2D eigenvalue weighted by atomic mass is 9.91. The van der Waals surface area contributed by atoms with Gasteiger partial charge in [-0.3, -0.25) is 9.88 Å². The molecule has 15 heavy (non-hydrogen) atoms. The molecule has 2 aliphatic heterocycles. The van der Waals surface area contributed by atoms with E-state index >= 15 is 0 Å². The van der Waals surface area contributed by atoms with Crippen LogP contribution in [0.3, 0.4) is 0 Å². The second-order valence-corrected chi connectivity index (χ2v) is 4.62. The summed E-state index contributed by atoms with van der Waals surface area (Å²) in [5.41, 5.74) is 1.21. The van der Waals surface area contributed by atoms with Crippen molar-refractivity contribution in [3.63, 3.8) is 0 Å². The number of nitrogens with zero attached hydrogens (tertiary/aromatic N) is 2.